The lowest BCUT2D eigenvalue weighted by Crippen LogP contribution is -2.29. The summed E-state index contributed by atoms with van der Waals surface area (Å²) in [6, 6.07) is 1.73. The Morgan fingerprint density at radius 2 is 1.88 bits per heavy atom. The van der Waals surface area contributed by atoms with Crippen LogP contribution in [0.5, 0.6) is 0 Å². The molecule has 6 heteroatoms. The fourth-order valence-electron chi connectivity index (χ4n) is 2.53. The van der Waals surface area contributed by atoms with Crippen molar-refractivity contribution in [3.8, 4) is 0 Å². The second kappa shape index (κ2) is 11.5. The lowest BCUT2D eigenvalue weighted by atomic mass is 9.89. The van der Waals surface area contributed by atoms with E-state index in [1.165, 1.54) is 6.20 Å². The van der Waals surface area contributed by atoms with Crippen molar-refractivity contribution in [2.24, 2.45) is 5.92 Å². The zero-order valence-corrected chi connectivity index (χ0v) is 16.1. The number of unbranched alkanes of at least 4 members (excludes halogenated alkanes) is 1. The van der Waals surface area contributed by atoms with Crippen molar-refractivity contribution in [2.75, 3.05) is 13.2 Å². The van der Waals surface area contributed by atoms with Crippen LogP contribution in [-0.4, -0.2) is 41.8 Å². The highest BCUT2D eigenvalue weighted by Gasteiger charge is 2.27. The van der Waals surface area contributed by atoms with Gasteiger partial charge < -0.3 is 9.47 Å². The van der Waals surface area contributed by atoms with Crippen molar-refractivity contribution in [1.29, 1.82) is 0 Å². The number of esters is 1. The minimum Gasteiger partial charge on any atom is -0.466 e. The van der Waals surface area contributed by atoms with Crippen LogP contribution in [0.4, 0.5) is 0 Å². The molecule has 1 atom stereocenters. The molecule has 1 heterocycles. The lowest BCUT2D eigenvalue weighted by molar-refractivity contribution is -0.143. The molecule has 0 aliphatic rings. The van der Waals surface area contributed by atoms with Crippen LogP contribution in [0.1, 0.15) is 62.4 Å². The molecule has 1 rings (SSSR count). The van der Waals surface area contributed by atoms with E-state index in [2.05, 4.69) is 4.98 Å². The summed E-state index contributed by atoms with van der Waals surface area (Å²) in [5.74, 6) is -1.51. The molecule has 1 aromatic rings. The molecule has 1 unspecified atom stereocenters. The van der Waals surface area contributed by atoms with Crippen molar-refractivity contribution in [1.82, 2.24) is 4.98 Å². The summed E-state index contributed by atoms with van der Waals surface area (Å²) in [5.41, 5.74) is 1.29. The van der Waals surface area contributed by atoms with Crippen LogP contribution in [0.25, 0.3) is 0 Å². The van der Waals surface area contributed by atoms with Gasteiger partial charge in [0.1, 0.15) is 6.61 Å². The third kappa shape index (κ3) is 7.87. The molecule has 6 nitrogen and oxygen atoms in total. The first kappa shape index (κ1) is 22.0. The van der Waals surface area contributed by atoms with Gasteiger partial charge in [-0.05, 0) is 52.2 Å². The summed E-state index contributed by atoms with van der Waals surface area (Å²) in [7, 11) is 0. The molecular weight excluding hydrogens is 334 g/mol. The van der Waals surface area contributed by atoms with E-state index in [-0.39, 0.29) is 36.7 Å². The minimum atomic E-state index is -0.778. The second-order valence-electron chi connectivity index (χ2n) is 6.54. The Hall–Kier alpha value is -2.08. The van der Waals surface area contributed by atoms with Gasteiger partial charge in [-0.3, -0.25) is 19.4 Å². The number of hydrogen-bond acceptors (Lipinski definition) is 6. The fraction of sp³-hybridized carbons (Fsp3) is 0.600. The first-order chi connectivity index (χ1) is 12.3. The number of aromatic nitrogens is 1. The number of hydrogen-bond donors (Lipinski definition) is 0. The van der Waals surface area contributed by atoms with E-state index in [9.17, 15) is 14.4 Å². The summed E-state index contributed by atoms with van der Waals surface area (Å²) >= 11 is 0. The van der Waals surface area contributed by atoms with Gasteiger partial charge in [0.2, 0.25) is 0 Å². The zero-order valence-electron chi connectivity index (χ0n) is 16.1. The standard InChI is InChI=1S/C20H29NO5/c1-5-25-19(23)9-7-6-8-17(18(22)13-26-14(2)3)20(24)16-10-15(4)11-21-12-16/h10-12,14,17H,5-9,13H2,1-4H3. The van der Waals surface area contributed by atoms with E-state index in [0.717, 1.165) is 5.56 Å². The maximum atomic E-state index is 12.8. The Morgan fingerprint density at radius 3 is 2.50 bits per heavy atom. The van der Waals surface area contributed by atoms with E-state index in [1.807, 2.05) is 20.8 Å². The van der Waals surface area contributed by atoms with Crippen LogP contribution in [0, 0.1) is 12.8 Å². The molecule has 26 heavy (non-hydrogen) atoms. The molecular formula is C20H29NO5. The molecule has 0 radical (unpaired) electrons. The van der Waals surface area contributed by atoms with Gasteiger partial charge in [0.05, 0.1) is 18.6 Å². The van der Waals surface area contributed by atoms with E-state index in [4.69, 9.17) is 9.47 Å². The largest absolute Gasteiger partial charge is 0.466 e. The molecule has 144 valence electrons. The number of carbonyl (C=O) groups excluding carboxylic acids is 3. The Morgan fingerprint density at radius 1 is 1.15 bits per heavy atom. The second-order valence-corrected chi connectivity index (χ2v) is 6.54. The molecule has 0 saturated carbocycles. The maximum Gasteiger partial charge on any atom is 0.305 e. The molecule has 0 N–H and O–H groups in total. The van der Waals surface area contributed by atoms with Gasteiger partial charge in [-0.1, -0.05) is 6.42 Å². The van der Waals surface area contributed by atoms with E-state index in [1.54, 1.807) is 19.2 Å². The number of ketones is 2. The van der Waals surface area contributed by atoms with Crippen molar-refractivity contribution < 1.29 is 23.9 Å². The van der Waals surface area contributed by atoms with Gasteiger partial charge in [0, 0.05) is 24.4 Å². The highest BCUT2D eigenvalue weighted by molar-refractivity contribution is 6.10. The number of aryl methyl sites for hydroxylation is 1. The van der Waals surface area contributed by atoms with Crippen molar-refractivity contribution >= 4 is 17.5 Å². The van der Waals surface area contributed by atoms with Crippen LogP contribution in [-0.2, 0) is 19.1 Å². The monoisotopic (exact) mass is 363 g/mol. The summed E-state index contributed by atoms with van der Waals surface area (Å²) in [6.45, 7) is 7.55. The SMILES string of the molecule is CCOC(=O)CCCCC(C(=O)COC(C)C)C(=O)c1cncc(C)c1. The van der Waals surface area contributed by atoms with Crippen LogP contribution in [0.15, 0.2) is 18.5 Å². The average Bonchev–Trinajstić information content (AvgIpc) is 2.59. The third-order valence-electron chi connectivity index (χ3n) is 3.85. The first-order valence-electron chi connectivity index (χ1n) is 9.11. The van der Waals surface area contributed by atoms with E-state index < -0.39 is 5.92 Å². The van der Waals surface area contributed by atoms with E-state index >= 15 is 0 Å². The normalized spacial score (nSPS) is 12.0. The molecule has 0 spiro atoms. The molecule has 0 fully saturated rings. The number of carbonyl (C=O) groups is 3. The third-order valence-corrected chi connectivity index (χ3v) is 3.85. The Labute approximate surface area is 155 Å². The van der Waals surface area contributed by atoms with Gasteiger partial charge >= 0.3 is 5.97 Å². The fourth-order valence-corrected chi connectivity index (χ4v) is 2.53. The average molecular weight is 363 g/mol. The maximum absolute atomic E-state index is 12.8. The van der Waals surface area contributed by atoms with Gasteiger partial charge in [0.25, 0.3) is 0 Å². The summed E-state index contributed by atoms with van der Waals surface area (Å²) < 4.78 is 10.3. The lowest BCUT2D eigenvalue weighted by Gasteiger charge is -2.16. The molecule has 1 aromatic heterocycles. The van der Waals surface area contributed by atoms with Crippen LogP contribution in [0.3, 0.4) is 0 Å². The van der Waals surface area contributed by atoms with Crippen LogP contribution < -0.4 is 0 Å². The molecule has 0 amide bonds. The topological polar surface area (TPSA) is 82.6 Å². The predicted octanol–water partition coefficient (Wildman–Crippen LogP) is 3.31. The number of ether oxygens (including phenoxy) is 2. The van der Waals surface area contributed by atoms with E-state index in [0.29, 0.717) is 31.4 Å². The Kier molecular flexibility index (Phi) is 9.73. The summed E-state index contributed by atoms with van der Waals surface area (Å²) in [6.07, 6.45) is 4.89. The first-order valence-corrected chi connectivity index (χ1v) is 9.11. The Bertz CT molecular complexity index is 612. The highest BCUT2D eigenvalue weighted by Crippen LogP contribution is 2.18. The molecule has 0 saturated heterocycles. The van der Waals surface area contributed by atoms with Crippen molar-refractivity contribution in [2.45, 2.75) is 59.5 Å². The van der Waals surface area contributed by atoms with Crippen molar-refractivity contribution in [3.63, 3.8) is 0 Å². The number of Topliss-reactive ketones (excluding diaryl/α,β-unsaturated/α-hetero) is 2. The number of rotatable bonds is 12. The minimum absolute atomic E-state index is 0.0841. The summed E-state index contributed by atoms with van der Waals surface area (Å²) in [5, 5.41) is 0. The van der Waals surface area contributed by atoms with Gasteiger partial charge in [-0.2, -0.15) is 0 Å². The van der Waals surface area contributed by atoms with Gasteiger partial charge in [0.15, 0.2) is 11.6 Å². The van der Waals surface area contributed by atoms with Gasteiger partial charge in [-0.25, -0.2) is 0 Å². The Balaban J connectivity index is 2.73. The number of nitrogens with zero attached hydrogens (tertiary/aromatic N) is 1. The quantitative estimate of drug-likeness (QED) is 0.245. The molecule has 0 aromatic carbocycles. The van der Waals surface area contributed by atoms with Gasteiger partial charge in [-0.15, -0.1) is 0 Å². The van der Waals surface area contributed by atoms with Crippen LogP contribution >= 0.6 is 0 Å². The molecule has 0 aliphatic heterocycles. The van der Waals surface area contributed by atoms with Crippen molar-refractivity contribution in [3.05, 3.63) is 29.6 Å². The molecule has 0 aliphatic carbocycles. The highest BCUT2D eigenvalue weighted by atomic mass is 16.5. The van der Waals surface area contributed by atoms with Crippen LogP contribution in [0.2, 0.25) is 0 Å². The smallest absolute Gasteiger partial charge is 0.305 e. The predicted molar refractivity (Wildman–Crippen MR) is 98.0 cm³/mol. The summed E-state index contributed by atoms with van der Waals surface area (Å²) in [4.78, 5) is 40.8. The zero-order chi connectivity index (χ0) is 19.5. The number of pyridine rings is 1. The molecule has 0 bridgehead atoms.